The highest BCUT2D eigenvalue weighted by Gasteiger charge is 2.07. The highest BCUT2D eigenvalue weighted by Crippen LogP contribution is 2.26. The molecule has 0 spiro atoms. The summed E-state index contributed by atoms with van der Waals surface area (Å²) >= 11 is 18.0. The van der Waals surface area contributed by atoms with Gasteiger partial charge in [-0.15, -0.1) is 12.4 Å². The van der Waals surface area contributed by atoms with Gasteiger partial charge in [0.05, 0.1) is 0 Å². The number of benzene rings is 2. The zero-order valence-electron chi connectivity index (χ0n) is 11.3. The van der Waals surface area contributed by atoms with Gasteiger partial charge in [-0.05, 0) is 37.4 Å². The zero-order valence-corrected chi connectivity index (χ0v) is 14.4. The third kappa shape index (κ3) is 5.24. The molecule has 2 nitrogen and oxygen atoms in total. The van der Waals surface area contributed by atoms with Crippen molar-refractivity contribution in [2.45, 2.75) is 13.2 Å². The first-order valence-electron chi connectivity index (χ1n) is 6.10. The molecule has 0 aliphatic heterocycles. The molecule has 0 heterocycles. The van der Waals surface area contributed by atoms with Gasteiger partial charge >= 0.3 is 0 Å². The molecule has 1 N–H and O–H groups in total. The standard InChI is InChI=1S/C15H14Cl3NO.ClH/c1-19-8-11-6-12(16)4-5-15(11)20-9-10-2-3-13(17)7-14(10)18;/h2-7,19H,8-9H2,1H3;1H. The quantitative estimate of drug-likeness (QED) is 0.768. The molecule has 0 atom stereocenters. The Kier molecular flexibility index (Phi) is 7.64. The highest BCUT2D eigenvalue weighted by molar-refractivity contribution is 6.35. The molecule has 0 aromatic heterocycles. The monoisotopic (exact) mass is 365 g/mol. The van der Waals surface area contributed by atoms with Crippen molar-refractivity contribution in [1.82, 2.24) is 5.32 Å². The molecule has 0 aliphatic rings. The van der Waals surface area contributed by atoms with Crippen LogP contribution in [0.25, 0.3) is 0 Å². The van der Waals surface area contributed by atoms with Crippen LogP contribution < -0.4 is 10.1 Å². The van der Waals surface area contributed by atoms with Crippen molar-refractivity contribution in [3.05, 3.63) is 62.6 Å². The summed E-state index contributed by atoms with van der Waals surface area (Å²) in [7, 11) is 1.88. The van der Waals surface area contributed by atoms with Crippen molar-refractivity contribution >= 4 is 47.2 Å². The molecule has 0 bridgehead atoms. The van der Waals surface area contributed by atoms with E-state index < -0.39 is 0 Å². The molecule has 2 aromatic rings. The Balaban J connectivity index is 0.00000220. The molecule has 0 unspecified atom stereocenters. The lowest BCUT2D eigenvalue weighted by Gasteiger charge is -2.12. The van der Waals surface area contributed by atoms with Crippen LogP contribution in [-0.4, -0.2) is 7.05 Å². The molecule has 2 rings (SSSR count). The first-order valence-corrected chi connectivity index (χ1v) is 7.23. The van der Waals surface area contributed by atoms with Crippen molar-refractivity contribution in [2.24, 2.45) is 0 Å². The van der Waals surface area contributed by atoms with Crippen molar-refractivity contribution < 1.29 is 4.74 Å². The van der Waals surface area contributed by atoms with Crippen molar-refractivity contribution in [2.75, 3.05) is 7.05 Å². The Hall–Kier alpha value is -0.640. The molecule has 0 saturated carbocycles. The lowest BCUT2D eigenvalue weighted by Crippen LogP contribution is -2.07. The SMILES string of the molecule is CNCc1cc(Cl)ccc1OCc1ccc(Cl)cc1Cl.Cl. The summed E-state index contributed by atoms with van der Waals surface area (Å²) in [4.78, 5) is 0. The van der Waals surface area contributed by atoms with Crippen LogP contribution in [0, 0.1) is 0 Å². The van der Waals surface area contributed by atoms with E-state index in [0.717, 1.165) is 16.9 Å². The molecule has 0 saturated heterocycles. The molecule has 0 amide bonds. The fourth-order valence-corrected chi connectivity index (χ4v) is 2.47. The molecular weight excluding hydrogens is 352 g/mol. The molecule has 0 fully saturated rings. The topological polar surface area (TPSA) is 21.3 Å². The van der Waals surface area contributed by atoms with Crippen molar-refractivity contribution in [1.29, 1.82) is 0 Å². The highest BCUT2D eigenvalue weighted by atomic mass is 35.5. The Bertz CT molecular complexity index is 604. The van der Waals surface area contributed by atoms with Gasteiger partial charge in [-0.2, -0.15) is 0 Å². The summed E-state index contributed by atoms with van der Waals surface area (Å²) in [6.07, 6.45) is 0. The van der Waals surface area contributed by atoms with Gasteiger partial charge in [0, 0.05) is 32.7 Å². The summed E-state index contributed by atoms with van der Waals surface area (Å²) in [5.41, 5.74) is 1.89. The average molecular weight is 367 g/mol. The predicted octanol–water partition coefficient (Wildman–Crippen LogP) is 5.37. The number of nitrogens with one attached hydrogen (secondary N) is 1. The van der Waals surface area contributed by atoms with Gasteiger partial charge < -0.3 is 10.1 Å². The summed E-state index contributed by atoms with van der Waals surface area (Å²) in [5.74, 6) is 0.787. The molecule has 114 valence electrons. The van der Waals surface area contributed by atoms with E-state index in [1.165, 1.54) is 0 Å². The van der Waals surface area contributed by atoms with Gasteiger partial charge in [-0.25, -0.2) is 0 Å². The van der Waals surface area contributed by atoms with E-state index in [4.69, 9.17) is 39.5 Å². The molecule has 6 heteroatoms. The Morgan fingerprint density at radius 3 is 2.29 bits per heavy atom. The molecule has 0 aliphatic carbocycles. The Labute approximate surface area is 145 Å². The fraction of sp³-hybridized carbons (Fsp3) is 0.200. The molecule has 0 radical (unpaired) electrons. The van der Waals surface area contributed by atoms with E-state index in [9.17, 15) is 0 Å². The van der Waals surface area contributed by atoms with Crippen LogP contribution in [0.4, 0.5) is 0 Å². The number of ether oxygens (including phenoxy) is 1. The maximum absolute atomic E-state index is 6.12. The second-order valence-corrected chi connectivity index (χ2v) is 5.59. The number of rotatable bonds is 5. The maximum Gasteiger partial charge on any atom is 0.124 e. The first kappa shape index (κ1) is 18.4. The van der Waals surface area contributed by atoms with E-state index in [1.54, 1.807) is 18.2 Å². The van der Waals surface area contributed by atoms with Gasteiger partial charge in [-0.1, -0.05) is 40.9 Å². The lowest BCUT2D eigenvalue weighted by atomic mass is 10.2. The molecular formula is C15H15Cl4NO. The molecule has 21 heavy (non-hydrogen) atoms. The third-order valence-electron chi connectivity index (χ3n) is 2.79. The zero-order chi connectivity index (χ0) is 14.5. The predicted molar refractivity (Wildman–Crippen MR) is 92.3 cm³/mol. The van der Waals surface area contributed by atoms with Crippen molar-refractivity contribution in [3.63, 3.8) is 0 Å². The lowest BCUT2D eigenvalue weighted by molar-refractivity contribution is 0.302. The second-order valence-electron chi connectivity index (χ2n) is 4.31. The smallest absolute Gasteiger partial charge is 0.124 e. The van der Waals surface area contributed by atoms with Gasteiger partial charge in [0.1, 0.15) is 12.4 Å². The van der Waals surface area contributed by atoms with E-state index in [1.807, 2.05) is 25.2 Å². The van der Waals surface area contributed by atoms with Gasteiger partial charge in [0.25, 0.3) is 0 Å². The number of hydrogen-bond donors (Lipinski definition) is 1. The van der Waals surface area contributed by atoms with Gasteiger partial charge in [-0.3, -0.25) is 0 Å². The number of halogens is 4. The maximum atomic E-state index is 6.12. The van der Waals surface area contributed by atoms with Crippen LogP contribution in [0.3, 0.4) is 0 Å². The van der Waals surface area contributed by atoms with Gasteiger partial charge in [0.15, 0.2) is 0 Å². The minimum atomic E-state index is 0. The minimum Gasteiger partial charge on any atom is -0.489 e. The Morgan fingerprint density at radius 1 is 0.952 bits per heavy atom. The van der Waals surface area contributed by atoms with E-state index in [2.05, 4.69) is 5.32 Å². The normalized spacial score (nSPS) is 10.1. The summed E-state index contributed by atoms with van der Waals surface area (Å²) in [6, 6.07) is 10.9. The van der Waals surface area contributed by atoms with Crippen LogP contribution in [0.2, 0.25) is 15.1 Å². The fourth-order valence-electron chi connectivity index (χ4n) is 1.81. The van der Waals surface area contributed by atoms with E-state index in [0.29, 0.717) is 28.2 Å². The van der Waals surface area contributed by atoms with Crippen LogP contribution in [-0.2, 0) is 13.2 Å². The van der Waals surface area contributed by atoms with Crippen LogP contribution in [0.15, 0.2) is 36.4 Å². The second kappa shape index (κ2) is 8.72. The first-order chi connectivity index (χ1) is 9.60. The summed E-state index contributed by atoms with van der Waals surface area (Å²) in [5, 5.41) is 4.98. The minimum absolute atomic E-state index is 0. The largest absolute Gasteiger partial charge is 0.489 e. The average Bonchev–Trinajstić information content (AvgIpc) is 2.40. The number of hydrogen-bond acceptors (Lipinski definition) is 2. The van der Waals surface area contributed by atoms with E-state index >= 15 is 0 Å². The Morgan fingerprint density at radius 2 is 1.62 bits per heavy atom. The van der Waals surface area contributed by atoms with Gasteiger partial charge in [0.2, 0.25) is 0 Å². The van der Waals surface area contributed by atoms with Crippen molar-refractivity contribution in [3.8, 4) is 5.75 Å². The summed E-state index contributed by atoms with van der Waals surface area (Å²) < 4.78 is 5.83. The van der Waals surface area contributed by atoms with E-state index in [-0.39, 0.29) is 12.4 Å². The summed E-state index contributed by atoms with van der Waals surface area (Å²) in [6.45, 7) is 1.07. The van der Waals surface area contributed by atoms with Crippen LogP contribution >= 0.6 is 47.2 Å². The third-order valence-corrected chi connectivity index (χ3v) is 3.61. The molecule has 2 aromatic carbocycles. The van der Waals surface area contributed by atoms with Crippen LogP contribution in [0.5, 0.6) is 5.75 Å². The van der Waals surface area contributed by atoms with Crippen LogP contribution in [0.1, 0.15) is 11.1 Å².